The Morgan fingerprint density at radius 1 is 1.53 bits per heavy atom. The lowest BCUT2D eigenvalue weighted by Gasteiger charge is -2.15. The van der Waals surface area contributed by atoms with E-state index in [9.17, 15) is 4.79 Å². The van der Waals surface area contributed by atoms with E-state index in [1.54, 1.807) is 36.7 Å². The minimum absolute atomic E-state index is 0.242. The van der Waals surface area contributed by atoms with Gasteiger partial charge in [0.15, 0.2) is 5.69 Å². The van der Waals surface area contributed by atoms with Gasteiger partial charge < -0.3 is 4.90 Å². The van der Waals surface area contributed by atoms with Crippen molar-refractivity contribution in [1.82, 2.24) is 9.59 Å². The third kappa shape index (κ3) is 2.29. The molecule has 1 amide bonds. The maximum atomic E-state index is 12.0. The van der Waals surface area contributed by atoms with Gasteiger partial charge in [-0.05, 0) is 29.7 Å². The number of aromatic nitrogens is 2. The van der Waals surface area contributed by atoms with Crippen LogP contribution in [0.15, 0.2) is 29.6 Å². The summed E-state index contributed by atoms with van der Waals surface area (Å²) in [5, 5.41) is 14.1. The maximum Gasteiger partial charge on any atom is 0.279 e. The molecule has 0 atom stereocenters. The first kappa shape index (κ1) is 11.2. The monoisotopic (exact) mass is 244 g/mol. The summed E-state index contributed by atoms with van der Waals surface area (Å²) >= 11 is 1.13. The molecule has 0 bridgehead atoms. The van der Waals surface area contributed by atoms with E-state index in [0.29, 0.717) is 16.9 Å². The number of amides is 1. The second-order valence-corrected chi connectivity index (χ2v) is 3.93. The first-order valence-corrected chi connectivity index (χ1v) is 5.61. The van der Waals surface area contributed by atoms with Crippen molar-refractivity contribution >= 4 is 23.1 Å². The predicted octanol–water partition coefficient (Wildman–Crippen LogP) is 1.69. The summed E-state index contributed by atoms with van der Waals surface area (Å²) < 4.78 is 3.64. The van der Waals surface area contributed by atoms with Crippen LogP contribution in [0.25, 0.3) is 0 Å². The molecular formula is C11H8N4OS. The summed E-state index contributed by atoms with van der Waals surface area (Å²) in [6, 6.07) is 8.86. The van der Waals surface area contributed by atoms with E-state index in [0.717, 1.165) is 11.5 Å². The zero-order valence-electron chi connectivity index (χ0n) is 8.99. The molecule has 1 aromatic heterocycles. The molecule has 0 spiro atoms. The highest BCUT2D eigenvalue weighted by Crippen LogP contribution is 2.16. The molecule has 0 saturated heterocycles. The highest BCUT2D eigenvalue weighted by atomic mass is 32.1. The highest BCUT2D eigenvalue weighted by Gasteiger charge is 2.16. The number of nitrogens with zero attached hydrogens (tertiary/aromatic N) is 4. The fourth-order valence-corrected chi connectivity index (χ4v) is 1.76. The number of hydrogen-bond donors (Lipinski definition) is 0. The predicted molar refractivity (Wildman–Crippen MR) is 63.8 cm³/mol. The first-order valence-electron chi connectivity index (χ1n) is 4.77. The Morgan fingerprint density at radius 3 is 3.00 bits per heavy atom. The van der Waals surface area contributed by atoms with E-state index >= 15 is 0 Å². The number of rotatable bonds is 2. The van der Waals surface area contributed by atoms with Gasteiger partial charge in [-0.2, -0.15) is 5.26 Å². The smallest absolute Gasteiger partial charge is 0.279 e. The number of benzene rings is 1. The lowest BCUT2D eigenvalue weighted by molar-refractivity contribution is 0.0988. The van der Waals surface area contributed by atoms with Crippen molar-refractivity contribution in [3.63, 3.8) is 0 Å². The van der Waals surface area contributed by atoms with Gasteiger partial charge in [0.25, 0.3) is 5.91 Å². The van der Waals surface area contributed by atoms with Crippen LogP contribution in [-0.4, -0.2) is 22.5 Å². The summed E-state index contributed by atoms with van der Waals surface area (Å²) in [6.07, 6.45) is 0. The number of carbonyl (C=O) groups is 1. The van der Waals surface area contributed by atoms with Crippen LogP contribution in [0.4, 0.5) is 5.69 Å². The Kier molecular flexibility index (Phi) is 3.12. The van der Waals surface area contributed by atoms with Crippen molar-refractivity contribution in [3.8, 4) is 6.07 Å². The van der Waals surface area contributed by atoms with Crippen LogP contribution in [0, 0.1) is 11.3 Å². The van der Waals surface area contributed by atoms with Gasteiger partial charge in [0.2, 0.25) is 0 Å². The minimum Gasteiger partial charge on any atom is -0.310 e. The Labute approximate surface area is 102 Å². The highest BCUT2D eigenvalue weighted by molar-refractivity contribution is 7.03. The number of carbonyl (C=O) groups excluding carboxylic acids is 1. The van der Waals surface area contributed by atoms with E-state index in [2.05, 4.69) is 9.59 Å². The standard InChI is InChI=1S/C11H8N4OS/c1-15(11(16)10-7-17-14-13-10)9-4-2-3-8(5-9)6-12/h2-5,7H,1H3. The normalized spacial score (nSPS) is 9.65. The van der Waals surface area contributed by atoms with Crippen LogP contribution < -0.4 is 4.90 Å². The zero-order chi connectivity index (χ0) is 12.3. The van der Waals surface area contributed by atoms with Crippen molar-refractivity contribution in [3.05, 3.63) is 40.9 Å². The molecule has 2 rings (SSSR count). The van der Waals surface area contributed by atoms with Gasteiger partial charge in [0.1, 0.15) is 0 Å². The molecule has 0 aliphatic heterocycles. The SMILES string of the molecule is CN(C(=O)c1csnn1)c1cccc(C#N)c1. The van der Waals surface area contributed by atoms with Gasteiger partial charge >= 0.3 is 0 Å². The summed E-state index contributed by atoms with van der Waals surface area (Å²) in [6.45, 7) is 0. The summed E-state index contributed by atoms with van der Waals surface area (Å²) in [5.74, 6) is -0.242. The molecule has 0 aliphatic rings. The van der Waals surface area contributed by atoms with Gasteiger partial charge in [-0.1, -0.05) is 10.6 Å². The fraction of sp³-hybridized carbons (Fsp3) is 0.0909. The summed E-state index contributed by atoms with van der Waals surface area (Å²) in [4.78, 5) is 13.4. The molecule has 5 nitrogen and oxygen atoms in total. The molecule has 17 heavy (non-hydrogen) atoms. The summed E-state index contributed by atoms with van der Waals surface area (Å²) in [5.41, 5.74) is 1.47. The van der Waals surface area contributed by atoms with Crippen molar-refractivity contribution in [1.29, 1.82) is 5.26 Å². The molecule has 0 fully saturated rings. The lowest BCUT2D eigenvalue weighted by atomic mass is 10.2. The van der Waals surface area contributed by atoms with Crippen LogP contribution in [0.3, 0.4) is 0 Å². The first-order chi connectivity index (χ1) is 8.22. The zero-order valence-corrected chi connectivity index (χ0v) is 9.81. The summed E-state index contributed by atoms with van der Waals surface area (Å²) in [7, 11) is 1.64. The molecule has 2 aromatic rings. The number of anilines is 1. The molecule has 0 unspecified atom stereocenters. The molecular weight excluding hydrogens is 236 g/mol. The fourth-order valence-electron chi connectivity index (χ4n) is 1.33. The van der Waals surface area contributed by atoms with E-state index in [1.807, 2.05) is 6.07 Å². The van der Waals surface area contributed by atoms with E-state index in [-0.39, 0.29) is 5.91 Å². The van der Waals surface area contributed by atoms with Crippen molar-refractivity contribution in [2.24, 2.45) is 0 Å². The molecule has 0 saturated carbocycles. The van der Waals surface area contributed by atoms with E-state index < -0.39 is 0 Å². The van der Waals surface area contributed by atoms with Crippen LogP contribution in [0.2, 0.25) is 0 Å². The Balaban J connectivity index is 2.28. The molecule has 0 radical (unpaired) electrons. The third-order valence-electron chi connectivity index (χ3n) is 2.25. The molecule has 0 aliphatic carbocycles. The van der Waals surface area contributed by atoms with Gasteiger partial charge in [-0.25, -0.2) is 0 Å². The average molecular weight is 244 g/mol. The van der Waals surface area contributed by atoms with Crippen LogP contribution >= 0.6 is 11.5 Å². The van der Waals surface area contributed by atoms with E-state index in [1.165, 1.54) is 4.90 Å². The number of nitriles is 1. The van der Waals surface area contributed by atoms with Crippen molar-refractivity contribution in [2.45, 2.75) is 0 Å². The van der Waals surface area contributed by atoms with Crippen LogP contribution in [-0.2, 0) is 0 Å². The van der Waals surface area contributed by atoms with Crippen LogP contribution in [0.1, 0.15) is 16.1 Å². The Bertz CT molecular complexity index is 573. The molecule has 6 heteroatoms. The average Bonchev–Trinajstić information content (AvgIpc) is 2.91. The van der Waals surface area contributed by atoms with Gasteiger partial charge in [-0.3, -0.25) is 4.79 Å². The Hall–Kier alpha value is -2.26. The second kappa shape index (κ2) is 4.72. The number of hydrogen-bond acceptors (Lipinski definition) is 5. The lowest BCUT2D eigenvalue weighted by Crippen LogP contribution is -2.26. The Morgan fingerprint density at radius 2 is 2.35 bits per heavy atom. The molecule has 0 N–H and O–H groups in total. The minimum atomic E-state index is -0.242. The topological polar surface area (TPSA) is 69.9 Å². The van der Waals surface area contributed by atoms with Gasteiger partial charge in [0, 0.05) is 18.1 Å². The van der Waals surface area contributed by atoms with Gasteiger partial charge in [-0.15, -0.1) is 5.10 Å². The van der Waals surface area contributed by atoms with Crippen LogP contribution in [0.5, 0.6) is 0 Å². The van der Waals surface area contributed by atoms with Crippen molar-refractivity contribution in [2.75, 3.05) is 11.9 Å². The molecule has 1 aromatic carbocycles. The van der Waals surface area contributed by atoms with E-state index in [4.69, 9.17) is 5.26 Å². The maximum absolute atomic E-state index is 12.0. The third-order valence-corrected chi connectivity index (χ3v) is 2.75. The largest absolute Gasteiger partial charge is 0.310 e. The van der Waals surface area contributed by atoms with Crippen molar-refractivity contribution < 1.29 is 4.79 Å². The second-order valence-electron chi connectivity index (χ2n) is 3.32. The van der Waals surface area contributed by atoms with Gasteiger partial charge in [0.05, 0.1) is 11.6 Å². The molecule has 1 heterocycles. The quantitative estimate of drug-likeness (QED) is 0.806. The molecule has 84 valence electrons.